The molecule has 0 aliphatic heterocycles. The Bertz CT molecular complexity index is 217. The number of halogens is 2. The third-order valence-electron chi connectivity index (χ3n) is 2.24. The first-order valence-corrected chi connectivity index (χ1v) is 5.40. The van der Waals surface area contributed by atoms with Gasteiger partial charge in [0.1, 0.15) is 0 Å². The van der Waals surface area contributed by atoms with Crippen LogP contribution in [0.25, 0.3) is 5.73 Å². The van der Waals surface area contributed by atoms with E-state index in [1.807, 2.05) is 20.8 Å². The molecule has 1 saturated carbocycles. The molecular formula is C15H31Cl2NSiTi-4. The van der Waals surface area contributed by atoms with E-state index >= 15 is 0 Å². The van der Waals surface area contributed by atoms with Gasteiger partial charge in [-0.05, 0) is 16.9 Å². The summed E-state index contributed by atoms with van der Waals surface area (Å²) in [6, 6.07) is 0. The van der Waals surface area contributed by atoms with Crippen molar-refractivity contribution in [2.75, 3.05) is 0 Å². The number of hydrogen-bond acceptors (Lipinski definition) is 0. The zero-order valence-corrected chi connectivity index (χ0v) is 15.8. The first-order chi connectivity index (χ1) is 6.47. The van der Waals surface area contributed by atoms with E-state index in [9.17, 15) is 0 Å². The van der Waals surface area contributed by atoms with E-state index in [0.29, 0.717) is 0 Å². The minimum atomic E-state index is -0.250. The molecule has 0 heterocycles. The summed E-state index contributed by atoms with van der Waals surface area (Å²) >= 11 is 0. The maximum absolute atomic E-state index is 6.94. The summed E-state index contributed by atoms with van der Waals surface area (Å²) in [4.78, 5) is 0. The SMILES string of the molecule is C1=CC2[CH-]CCC2C=C1.CC(C)(C)[NH-].[CH3-].[CH3-].[Cl-].[Cl-].[SiH4].[Ti+2]. The van der Waals surface area contributed by atoms with Crippen LogP contribution in [-0.2, 0) is 21.7 Å². The van der Waals surface area contributed by atoms with Crippen LogP contribution < -0.4 is 24.8 Å². The van der Waals surface area contributed by atoms with Gasteiger partial charge >= 0.3 is 21.7 Å². The van der Waals surface area contributed by atoms with Crippen molar-refractivity contribution in [3.05, 3.63) is 51.3 Å². The second kappa shape index (κ2) is 18.0. The van der Waals surface area contributed by atoms with Gasteiger partial charge in [0, 0.05) is 0 Å². The summed E-state index contributed by atoms with van der Waals surface area (Å²) < 4.78 is 0. The first kappa shape index (κ1) is 37.3. The van der Waals surface area contributed by atoms with E-state index < -0.39 is 0 Å². The molecular weight excluding hydrogens is 341 g/mol. The third-order valence-corrected chi connectivity index (χ3v) is 2.24. The molecule has 1 N–H and O–H groups in total. The average Bonchev–Trinajstić information content (AvgIpc) is 2.47. The van der Waals surface area contributed by atoms with E-state index in [1.165, 1.54) is 12.8 Å². The van der Waals surface area contributed by atoms with Crippen molar-refractivity contribution in [3.8, 4) is 0 Å². The molecule has 0 radical (unpaired) electrons. The van der Waals surface area contributed by atoms with Gasteiger partial charge in [0.15, 0.2) is 0 Å². The van der Waals surface area contributed by atoms with Crippen molar-refractivity contribution in [2.24, 2.45) is 11.8 Å². The van der Waals surface area contributed by atoms with E-state index in [-0.39, 0.29) is 77.9 Å². The Labute approximate surface area is 159 Å². The van der Waals surface area contributed by atoms with Crippen LogP contribution in [0.1, 0.15) is 33.6 Å². The predicted molar refractivity (Wildman–Crippen MR) is 87.0 cm³/mol. The fraction of sp³-hybridized carbons (Fsp3) is 0.533. The van der Waals surface area contributed by atoms with Crippen LogP contribution in [0.2, 0.25) is 0 Å². The summed E-state index contributed by atoms with van der Waals surface area (Å²) in [7, 11) is 0. The molecule has 2 rings (SSSR count). The molecule has 20 heavy (non-hydrogen) atoms. The Morgan fingerprint density at radius 2 is 1.45 bits per heavy atom. The summed E-state index contributed by atoms with van der Waals surface area (Å²) in [5.74, 6) is 1.62. The Kier molecular flexibility index (Phi) is 33.6. The molecule has 0 aromatic heterocycles. The molecule has 2 unspecified atom stereocenters. The first-order valence-electron chi connectivity index (χ1n) is 5.40. The van der Waals surface area contributed by atoms with Crippen LogP contribution in [0.3, 0.4) is 0 Å². The van der Waals surface area contributed by atoms with Gasteiger partial charge in [-0.3, -0.25) is 0 Å². The van der Waals surface area contributed by atoms with Gasteiger partial charge < -0.3 is 51.8 Å². The zero-order valence-electron chi connectivity index (χ0n) is 12.7. The molecule has 2 aliphatic carbocycles. The standard InChI is InChI=1S/C9H11.C4H10N.2CH3.2ClH.H4Si.Ti/c1-2-5-9-7-3-6-8(9)4-1;1-4(2,3)5;;;;;;/h1-2,4-6,8-9H,3,7H2;5H,1-3H3;2*1H3;2*1H;1H4;/q4*-1;;;;+2/p-2. The molecule has 1 fully saturated rings. The van der Waals surface area contributed by atoms with Gasteiger partial charge in [0.25, 0.3) is 0 Å². The van der Waals surface area contributed by atoms with E-state index in [4.69, 9.17) is 5.73 Å². The molecule has 0 aromatic carbocycles. The van der Waals surface area contributed by atoms with Crippen molar-refractivity contribution < 1.29 is 46.5 Å². The summed E-state index contributed by atoms with van der Waals surface area (Å²) in [6.07, 6.45) is 14.1. The van der Waals surface area contributed by atoms with Crippen LogP contribution in [0.15, 0.2) is 24.3 Å². The van der Waals surface area contributed by atoms with Gasteiger partial charge in [-0.15, -0.1) is 17.5 Å². The topological polar surface area (TPSA) is 23.8 Å². The molecule has 0 bridgehead atoms. The van der Waals surface area contributed by atoms with Crippen molar-refractivity contribution in [1.29, 1.82) is 0 Å². The van der Waals surface area contributed by atoms with Crippen molar-refractivity contribution in [2.45, 2.75) is 39.2 Å². The van der Waals surface area contributed by atoms with Gasteiger partial charge in [-0.25, -0.2) is 0 Å². The van der Waals surface area contributed by atoms with Gasteiger partial charge in [-0.1, -0.05) is 45.4 Å². The fourth-order valence-electron chi connectivity index (χ4n) is 1.69. The number of fused-ring (bicyclic) bond motifs is 1. The number of nitrogens with one attached hydrogen (secondary N) is 1. The van der Waals surface area contributed by atoms with Crippen LogP contribution in [0.4, 0.5) is 0 Å². The van der Waals surface area contributed by atoms with E-state index in [1.54, 1.807) is 0 Å². The molecule has 0 saturated heterocycles. The Morgan fingerprint density at radius 3 is 1.85 bits per heavy atom. The normalized spacial score (nSPS) is 20.6. The molecule has 0 amide bonds. The van der Waals surface area contributed by atoms with Crippen molar-refractivity contribution in [1.82, 2.24) is 0 Å². The summed E-state index contributed by atoms with van der Waals surface area (Å²) in [5.41, 5.74) is 6.69. The Hall–Kier alpha value is 0.951. The molecule has 2 atom stereocenters. The minimum absolute atomic E-state index is 0. The minimum Gasteiger partial charge on any atom is -1.00 e. The monoisotopic (exact) mass is 371 g/mol. The second-order valence-corrected chi connectivity index (χ2v) is 5.07. The second-order valence-electron chi connectivity index (χ2n) is 5.07. The van der Waals surface area contributed by atoms with E-state index in [2.05, 4.69) is 30.7 Å². The van der Waals surface area contributed by atoms with Crippen LogP contribution in [-0.4, -0.2) is 16.5 Å². The number of rotatable bonds is 0. The maximum Gasteiger partial charge on any atom is 2.00 e. The fourth-order valence-corrected chi connectivity index (χ4v) is 1.69. The molecule has 1 nitrogen and oxygen atoms in total. The smallest absolute Gasteiger partial charge is 1.00 e. The third kappa shape index (κ3) is 19.0. The molecule has 0 aromatic rings. The van der Waals surface area contributed by atoms with Gasteiger partial charge in [0.2, 0.25) is 0 Å². The van der Waals surface area contributed by atoms with Crippen molar-refractivity contribution >= 4 is 11.0 Å². The molecule has 0 spiro atoms. The maximum atomic E-state index is 6.94. The average molecular weight is 372 g/mol. The van der Waals surface area contributed by atoms with Crippen LogP contribution >= 0.6 is 0 Å². The predicted octanol–water partition coefficient (Wildman–Crippen LogP) is -2.37. The molecule has 5 heteroatoms. The van der Waals surface area contributed by atoms with Gasteiger partial charge in [0.05, 0.1) is 0 Å². The zero-order chi connectivity index (χ0) is 10.6. The van der Waals surface area contributed by atoms with Crippen LogP contribution in [0, 0.1) is 33.1 Å². The quantitative estimate of drug-likeness (QED) is 0.336. The number of allylic oxidation sites excluding steroid dienone is 4. The van der Waals surface area contributed by atoms with E-state index in [0.717, 1.165) is 11.8 Å². The Balaban J connectivity index is -0.0000000412. The van der Waals surface area contributed by atoms with Crippen LogP contribution in [0.5, 0.6) is 0 Å². The van der Waals surface area contributed by atoms with Gasteiger partial charge in [-0.2, -0.15) is 6.42 Å². The molecule has 122 valence electrons. The summed E-state index contributed by atoms with van der Waals surface area (Å²) in [5, 5.41) is 0. The molecule has 2 aliphatic rings. The van der Waals surface area contributed by atoms with Crippen molar-refractivity contribution in [3.63, 3.8) is 0 Å². The largest absolute Gasteiger partial charge is 2.00 e. The number of hydrogen-bond donors (Lipinski definition) is 0. The Morgan fingerprint density at radius 1 is 1.05 bits per heavy atom. The summed E-state index contributed by atoms with van der Waals surface area (Å²) in [6.45, 7) is 5.56.